The Hall–Kier alpha value is -2.30. The third kappa shape index (κ3) is 5.20. The van der Waals surface area contributed by atoms with Crippen molar-refractivity contribution in [2.75, 3.05) is 26.4 Å². The first-order valence-corrected chi connectivity index (χ1v) is 10.5. The molecule has 29 heavy (non-hydrogen) atoms. The summed E-state index contributed by atoms with van der Waals surface area (Å²) in [6, 6.07) is 13.6. The van der Waals surface area contributed by atoms with Gasteiger partial charge in [-0.15, -0.1) is 0 Å². The fourth-order valence-electron chi connectivity index (χ4n) is 3.05. The first kappa shape index (κ1) is 20.0. The molecule has 1 unspecified atom stereocenters. The minimum Gasteiger partial charge on any atom is -0.491 e. The lowest BCUT2D eigenvalue weighted by atomic mass is 10.1. The van der Waals surface area contributed by atoms with E-state index in [0.29, 0.717) is 26.3 Å². The van der Waals surface area contributed by atoms with Crippen LogP contribution in [-0.4, -0.2) is 47.8 Å². The molecule has 1 atom stereocenters. The lowest BCUT2D eigenvalue weighted by Gasteiger charge is -2.19. The first-order valence-electron chi connectivity index (χ1n) is 9.38. The molecule has 1 aliphatic heterocycles. The number of hydrogen-bond donors (Lipinski definition) is 3. The largest absolute Gasteiger partial charge is 0.491 e. The van der Waals surface area contributed by atoms with Crippen LogP contribution >= 0.6 is 22.6 Å². The van der Waals surface area contributed by atoms with Crippen molar-refractivity contribution in [2.24, 2.45) is 0 Å². The molecule has 2 heterocycles. The van der Waals surface area contributed by atoms with Crippen LogP contribution in [0.1, 0.15) is 5.56 Å². The number of fused-ring (bicyclic) bond motifs is 1. The van der Waals surface area contributed by atoms with Crippen LogP contribution in [0, 0.1) is 3.57 Å². The second-order valence-corrected chi connectivity index (χ2v) is 7.92. The predicted octanol–water partition coefficient (Wildman–Crippen LogP) is 2.98. The molecule has 2 aromatic carbocycles. The summed E-state index contributed by atoms with van der Waals surface area (Å²) in [6.45, 7) is 2.34. The summed E-state index contributed by atoms with van der Waals surface area (Å²) in [4.78, 5) is 0. The van der Waals surface area contributed by atoms with Gasteiger partial charge in [0.05, 0.1) is 11.9 Å². The number of aromatic amines is 1. The predicted molar refractivity (Wildman–Crippen MR) is 117 cm³/mol. The van der Waals surface area contributed by atoms with Gasteiger partial charge in [-0.1, -0.05) is 0 Å². The number of nitrogens with one attached hydrogen (secondary N) is 2. The Morgan fingerprint density at radius 3 is 2.76 bits per heavy atom. The van der Waals surface area contributed by atoms with Crippen LogP contribution in [0.4, 0.5) is 0 Å². The number of aliphatic hydroxyl groups excluding tert-OH is 1. The number of benzene rings is 2. The molecule has 4 rings (SSSR count). The smallest absolute Gasteiger partial charge is 0.162 e. The van der Waals surface area contributed by atoms with Crippen molar-refractivity contribution in [2.45, 2.75) is 12.6 Å². The van der Waals surface area contributed by atoms with Crippen molar-refractivity contribution in [3.8, 4) is 28.5 Å². The van der Waals surface area contributed by atoms with E-state index < -0.39 is 6.10 Å². The Morgan fingerprint density at radius 1 is 1.14 bits per heavy atom. The Balaban J connectivity index is 1.30. The van der Waals surface area contributed by atoms with Gasteiger partial charge in [0.25, 0.3) is 0 Å². The van der Waals surface area contributed by atoms with E-state index in [4.69, 9.17) is 14.2 Å². The molecule has 0 amide bonds. The van der Waals surface area contributed by atoms with Crippen LogP contribution in [-0.2, 0) is 6.54 Å². The van der Waals surface area contributed by atoms with E-state index in [2.05, 4.69) is 38.1 Å². The van der Waals surface area contributed by atoms with Gasteiger partial charge in [-0.25, -0.2) is 0 Å². The summed E-state index contributed by atoms with van der Waals surface area (Å²) in [5.41, 5.74) is 2.90. The first-order chi connectivity index (χ1) is 14.2. The van der Waals surface area contributed by atoms with Crippen molar-refractivity contribution in [3.05, 3.63) is 57.8 Å². The molecule has 7 nitrogen and oxygen atoms in total. The highest BCUT2D eigenvalue weighted by atomic mass is 127. The summed E-state index contributed by atoms with van der Waals surface area (Å²) in [6.07, 6.45) is 1.17. The molecule has 152 valence electrons. The van der Waals surface area contributed by atoms with Crippen LogP contribution < -0.4 is 19.5 Å². The monoisotopic (exact) mass is 507 g/mol. The molecule has 0 spiro atoms. The Kier molecular flexibility index (Phi) is 6.53. The fourth-order valence-corrected chi connectivity index (χ4v) is 3.41. The van der Waals surface area contributed by atoms with E-state index >= 15 is 0 Å². The fraction of sp³-hybridized carbons (Fsp3) is 0.286. The molecule has 0 bridgehead atoms. The van der Waals surface area contributed by atoms with Crippen LogP contribution in [0.2, 0.25) is 0 Å². The third-order valence-corrected chi connectivity index (χ3v) is 5.22. The van der Waals surface area contributed by atoms with E-state index in [0.717, 1.165) is 37.6 Å². The summed E-state index contributed by atoms with van der Waals surface area (Å²) >= 11 is 2.24. The third-order valence-electron chi connectivity index (χ3n) is 4.50. The zero-order valence-corrected chi connectivity index (χ0v) is 17.9. The van der Waals surface area contributed by atoms with E-state index in [1.807, 2.05) is 42.5 Å². The quantitative estimate of drug-likeness (QED) is 0.407. The van der Waals surface area contributed by atoms with Gasteiger partial charge in [0.2, 0.25) is 0 Å². The standard InChI is InChI=1S/C21H22IN3O4/c22-16-2-4-18(5-3-16)29-13-17(26)12-23-10-15-11-24-25-21(15)14-1-6-19-20(9-14)28-8-7-27-19/h1-6,9,11,17,23,26H,7-8,10,12-13H2,(H,24,25). The van der Waals surface area contributed by atoms with E-state index in [-0.39, 0.29) is 6.61 Å². The second kappa shape index (κ2) is 9.47. The van der Waals surface area contributed by atoms with Crippen LogP contribution in [0.15, 0.2) is 48.7 Å². The molecule has 0 aliphatic carbocycles. The molecule has 0 saturated heterocycles. The molecule has 8 heteroatoms. The topological polar surface area (TPSA) is 88.6 Å². The number of rotatable bonds is 8. The SMILES string of the molecule is OC(CNCc1cn[nH]c1-c1ccc2c(c1)OCCO2)COc1ccc(I)cc1. The van der Waals surface area contributed by atoms with Crippen LogP contribution in [0.3, 0.4) is 0 Å². The van der Waals surface area contributed by atoms with Gasteiger partial charge in [-0.3, -0.25) is 5.10 Å². The lowest BCUT2D eigenvalue weighted by molar-refractivity contribution is 0.106. The van der Waals surface area contributed by atoms with E-state index in [1.54, 1.807) is 6.20 Å². The highest BCUT2D eigenvalue weighted by Crippen LogP contribution is 2.34. The number of H-pyrrole nitrogens is 1. The van der Waals surface area contributed by atoms with E-state index in [9.17, 15) is 5.11 Å². The van der Waals surface area contributed by atoms with Gasteiger partial charge in [0.15, 0.2) is 11.5 Å². The molecule has 0 fully saturated rings. The molecular formula is C21H22IN3O4. The number of ether oxygens (including phenoxy) is 3. The minimum absolute atomic E-state index is 0.230. The Bertz CT molecular complexity index is 945. The van der Waals surface area contributed by atoms with Gasteiger partial charge in [-0.2, -0.15) is 5.10 Å². The maximum Gasteiger partial charge on any atom is 0.162 e. The normalized spacial score (nSPS) is 13.9. The summed E-state index contributed by atoms with van der Waals surface area (Å²) < 4.78 is 18.0. The molecule has 3 aromatic rings. The van der Waals surface area contributed by atoms with Gasteiger partial charge >= 0.3 is 0 Å². The van der Waals surface area contributed by atoms with Crippen LogP contribution in [0.5, 0.6) is 17.2 Å². The average Bonchev–Trinajstić information content (AvgIpc) is 3.21. The summed E-state index contributed by atoms with van der Waals surface area (Å²) in [7, 11) is 0. The highest BCUT2D eigenvalue weighted by molar-refractivity contribution is 14.1. The number of halogens is 1. The van der Waals surface area contributed by atoms with Gasteiger partial charge in [0.1, 0.15) is 31.7 Å². The Labute approximate surface area is 182 Å². The van der Waals surface area contributed by atoms with Crippen LogP contribution in [0.25, 0.3) is 11.3 Å². The number of hydrogen-bond acceptors (Lipinski definition) is 6. The maximum atomic E-state index is 10.2. The van der Waals surface area contributed by atoms with Crippen molar-refractivity contribution in [3.63, 3.8) is 0 Å². The molecular weight excluding hydrogens is 485 g/mol. The van der Waals surface area contributed by atoms with Crippen molar-refractivity contribution in [1.82, 2.24) is 15.5 Å². The second-order valence-electron chi connectivity index (χ2n) is 6.68. The van der Waals surface area contributed by atoms with Gasteiger partial charge < -0.3 is 24.6 Å². The zero-order chi connectivity index (χ0) is 20.1. The number of aliphatic hydroxyl groups is 1. The van der Waals surface area contributed by atoms with Crippen molar-refractivity contribution in [1.29, 1.82) is 0 Å². The molecule has 1 aromatic heterocycles. The number of aromatic nitrogens is 2. The molecule has 3 N–H and O–H groups in total. The molecule has 1 aliphatic rings. The average molecular weight is 507 g/mol. The number of nitrogens with zero attached hydrogens (tertiary/aromatic N) is 1. The summed E-state index contributed by atoms with van der Waals surface area (Å²) in [5.74, 6) is 2.25. The lowest BCUT2D eigenvalue weighted by Crippen LogP contribution is -2.31. The zero-order valence-electron chi connectivity index (χ0n) is 15.7. The molecule has 0 saturated carbocycles. The van der Waals surface area contributed by atoms with Gasteiger partial charge in [-0.05, 0) is 65.1 Å². The minimum atomic E-state index is -0.612. The van der Waals surface area contributed by atoms with E-state index in [1.165, 1.54) is 0 Å². The van der Waals surface area contributed by atoms with Crippen molar-refractivity contribution < 1.29 is 19.3 Å². The molecule has 0 radical (unpaired) electrons. The highest BCUT2D eigenvalue weighted by Gasteiger charge is 2.15. The summed E-state index contributed by atoms with van der Waals surface area (Å²) in [5, 5.41) is 20.6. The van der Waals surface area contributed by atoms with Crippen molar-refractivity contribution >= 4 is 22.6 Å². The maximum absolute atomic E-state index is 10.2. The van der Waals surface area contributed by atoms with Gasteiger partial charge in [0, 0.05) is 27.8 Å². The Morgan fingerprint density at radius 2 is 1.93 bits per heavy atom.